The normalized spacial score (nSPS) is 14.9. The van der Waals surface area contributed by atoms with Crippen molar-refractivity contribution in [3.05, 3.63) is 102 Å². The number of nitrogen functional groups attached to an aromatic ring is 1. The van der Waals surface area contributed by atoms with Gasteiger partial charge in [0, 0.05) is 30.3 Å². The number of aryl methyl sites for hydroxylation is 1. The number of carboxylic acid groups (broad SMARTS) is 1. The van der Waals surface area contributed by atoms with E-state index >= 15 is 0 Å². The predicted octanol–water partition coefficient (Wildman–Crippen LogP) is 4.65. The smallest absolute Gasteiger partial charge is 0.303 e. The lowest BCUT2D eigenvalue weighted by atomic mass is 10.0. The number of ketones is 1. The van der Waals surface area contributed by atoms with Gasteiger partial charge in [-0.1, -0.05) is 66.7 Å². The number of carbonyl (C=O) groups is 2. The van der Waals surface area contributed by atoms with Crippen molar-refractivity contribution in [2.75, 3.05) is 13.2 Å². The number of nitrogens with one attached hydrogen (secondary N) is 1. The Morgan fingerprint density at radius 1 is 0.946 bits per heavy atom. The minimum atomic E-state index is -0.917. The molecule has 0 bridgehead atoms. The highest BCUT2D eigenvalue weighted by Crippen LogP contribution is 2.26. The highest BCUT2D eigenvalue weighted by Gasteiger charge is 2.33. The molecule has 0 radical (unpaired) electrons. The third-order valence-electron chi connectivity index (χ3n) is 6.47. The maximum Gasteiger partial charge on any atom is 0.303 e. The van der Waals surface area contributed by atoms with Gasteiger partial charge in [-0.15, -0.1) is 0 Å². The number of hydrogen-bond acceptors (Lipinski definition) is 5. The first-order valence-corrected chi connectivity index (χ1v) is 12.3. The van der Waals surface area contributed by atoms with Crippen molar-refractivity contribution >= 4 is 17.6 Å². The molecule has 4 N–H and O–H groups in total. The molecule has 1 unspecified atom stereocenters. The van der Waals surface area contributed by atoms with Gasteiger partial charge in [0.2, 0.25) is 0 Å². The quantitative estimate of drug-likeness (QED) is 0.248. The first-order chi connectivity index (χ1) is 17.9. The van der Waals surface area contributed by atoms with Gasteiger partial charge in [-0.25, -0.2) is 0 Å². The van der Waals surface area contributed by atoms with Crippen LogP contribution in [0.2, 0.25) is 0 Å². The Balaban J connectivity index is 1.38. The lowest BCUT2D eigenvalue weighted by molar-refractivity contribution is -0.136. The molecular formula is C30H31N3O4. The van der Waals surface area contributed by atoms with E-state index in [-0.39, 0.29) is 31.1 Å². The average Bonchev–Trinajstić information content (AvgIpc) is 3.21. The third-order valence-corrected chi connectivity index (χ3v) is 6.47. The van der Waals surface area contributed by atoms with Crippen LogP contribution >= 0.6 is 0 Å². The van der Waals surface area contributed by atoms with Gasteiger partial charge in [0.15, 0.2) is 5.78 Å². The fraction of sp³-hybridized carbons (Fsp3) is 0.233. The molecule has 7 heteroatoms. The maximum absolute atomic E-state index is 13.1. The lowest BCUT2D eigenvalue weighted by Gasteiger charge is -2.24. The standard InChI is InChI=1S/C30H31N3O4/c31-30(32)24-10-8-22(9-11-24)23-12-15-26(16-13-23)37-20-27-29(36)25(14-17-28(34)35)19-33(27)18-4-7-21-5-2-1-3-6-21/h1-3,5-6,8-13,15-16,19,27H,4,7,14,17-18,20H2,(H3,31,32)(H,34,35). The second-order valence-corrected chi connectivity index (χ2v) is 9.08. The largest absolute Gasteiger partial charge is 0.491 e. The van der Waals surface area contributed by atoms with E-state index < -0.39 is 12.0 Å². The zero-order valence-electron chi connectivity index (χ0n) is 20.6. The summed E-state index contributed by atoms with van der Waals surface area (Å²) in [4.78, 5) is 26.1. The van der Waals surface area contributed by atoms with Crippen LogP contribution in [0.25, 0.3) is 11.1 Å². The number of carbonyl (C=O) groups excluding carboxylic acids is 1. The molecule has 3 aromatic rings. The fourth-order valence-corrected chi connectivity index (χ4v) is 4.41. The van der Waals surface area contributed by atoms with Gasteiger partial charge in [0.25, 0.3) is 0 Å². The highest BCUT2D eigenvalue weighted by molar-refractivity contribution is 6.02. The van der Waals surface area contributed by atoms with Crippen molar-refractivity contribution in [2.45, 2.75) is 31.7 Å². The summed E-state index contributed by atoms with van der Waals surface area (Å²) in [6.45, 7) is 0.865. The number of carboxylic acids is 1. The van der Waals surface area contributed by atoms with Crippen LogP contribution in [0.3, 0.4) is 0 Å². The fourth-order valence-electron chi connectivity index (χ4n) is 4.41. The molecule has 1 atom stereocenters. The van der Waals surface area contributed by atoms with Crippen molar-refractivity contribution in [3.8, 4) is 16.9 Å². The van der Waals surface area contributed by atoms with Crippen molar-refractivity contribution in [3.63, 3.8) is 0 Å². The Hall–Kier alpha value is -4.39. The SMILES string of the molecule is N=C(N)c1ccc(-c2ccc(OCC3C(=O)C(CCC(=O)O)=CN3CCCc3ccccc3)cc2)cc1. The van der Waals surface area contributed by atoms with Gasteiger partial charge in [0.1, 0.15) is 24.2 Å². The number of ether oxygens (including phenoxy) is 1. The molecule has 0 saturated heterocycles. The number of hydrogen-bond donors (Lipinski definition) is 3. The average molecular weight is 498 g/mol. The molecule has 1 aliphatic rings. The Morgan fingerprint density at radius 3 is 2.22 bits per heavy atom. The molecule has 0 saturated carbocycles. The molecule has 37 heavy (non-hydrogen) atoms. The molecule has 0 amide bonds. The summed E-state index contributed by atoms with van der Waals surface area (Å²) in [6, 6.07) is 24.8. The van der Waals surface area contributed by atoms with Crippen molar-refractivity contribution in [1.29, 1.82) is 5.41 Å². The molecule has 190 valence electrons. The molecule has 1 aliphatic heterocycles. The summed E-state index contributed by atoms with van der Waals surface area (Å²) < 4.78 is 6.01. The van der Waals surface area contributed by atoms with E-state index in [4.69, 9.17) is 21.0 Å². The number of benzene rings is 3. The van der Waals surface area contributed by atoms with Gasteiger partial charge in [-0.2, -0.15) is 0 Å². The van der Waals surface area contributed by atoms with E-state index in [2.05, 4.69) is 12.1 Å². The van der Waals surface area contributed by atoms with Gasteiger partial charge in [-0.05, 0) is 48.1 Å². The molecule has 3 aromatic carbocycles. The van der Waals surface area contributed by atoms with E-state index in [0.717, 1.165) is 24.0 Å². The van der Waals surface area contributed by atoms with Crippen LogP contribution < -0.4 is 10.5 Å². The summed E-state index contributed by atoms with van der Waals surface area (Å²) >= 11 is 0. The molecule has 0 aromatic heterocycles. The molecule has 0 spiro atoms. The summed E-state index contributed by atoms with van der Waals surface area (Å²) in [7, 11) is 0. The number of rotatable bonds is 12. The first-order valence-electron chi connectivity index (χ1n) is 12.3. The number of nitrogens with two attached hydrogens (primary N) is 1. The van der Waals surface area contributed by atoms with Crippen LogP contribution in [-0.4, -0.2) is 46.8 Å². The number of nitrogens with zero attached hydrogens (tertiary/aromatic N) is 1. The Bertz CT molecular complexity index is 1270. The van der Waals surface area contributed by atoms with Crippen LogP contribution in [0, 0.1) is 5.41 Å². The predicted molar refractivity (Wildman–Crippen MR) is 144 cm³/mol. The van der Waals surface area contributed by atoms with Gasteiger partial charge in [0.05, 0.1) is 0 Å². The molecule has 7 nitrogen and oxygen atoms in total. The second-order valence-electron chi connectivity index (χ2n) is 9.08. The van der Waals surface area contributed by atoms with E-state index in [1.807, 2.05) is 77.8 Å². The Labute approximate surface area is 216 Å². The van der Waals surface area contributed by atoms with Gasteiger partial charge < -0.3 is 20.5 Å². The second kappa shape index (κ2) is 12.0. The van der Waals surface area contributed by atoms with Crippen molar-refractivity contribution in [2.24, 2.45) is 5.73 Å². The van der Waals surface area contributed by atoms with Crippen LogP contribution in [0.5, 0.6) is 5.75 Å². The van der Waals surface area contributed by atoms with Crippen molar-refractivity contribution < 1.29 is 19.4 Å². The lowest BCUT2D eigenvalue weighted by Crippen LogP contribution is -2.38. The number of aliphatic carboxylic acids is 1. The molecular weight excluding hydrogens is 466 g/mol. The Morgan fingerprint density at radius 2 is 1.59 bits per heavy atom. The Kier molecular flexibility index (Phi) is 8.36. The first kappa shape index (κ1) is 25.7. The van der Waals surface area contributed by atoms with E-state index in [0.29, 0.717) is 23.4 Å². The topological polar surface area (TPSA) is 117 Å². The van der Waals surface area contributed by atoms with E-state index in [9.17, 15) is 9.59 Å². The van der Waals surface area contributed by atoms with Crippen LogP contribution in [0.15, 0.2) is 90.6 Å². The van der Waals surface area contributed by atoms with Gasteiger partial charge in [-0.3, -0.25) is 15.0 Å². The van der Waals surface area contributed by atoms with Crippen LogP contribution in [0.1, 0.15) is 30.4 Å². The zero-order chi connectivity index (χ0) is 26.2. The zero-order valence-corrected chi connectivity index (χ0v) is 20.6. The summed E-state index contributed by atoms with van der Waals surface area (Å²) in [5.41, 5.74) is 9.99. The van der Waals surface area contributed by atoms with E-state index in [1.54, 1.807) is 0 Å². The van der Waals surface area contributed by atoms with Crippen LogP contribution in [0.4, 0.5) is 0 Å². The monoisotopic (exact) mass is 497 g/mol. The number of amidine groups is 1. The summed E-state index contributed by atoms with van der Waals surface area (Å²) in [6.07, 6.45) is 3.73. The highest BCUT2D eigenvalue weighted by atomic mass is 16.5. The minimum Gasteiger partial charge on any atom is -0.491 e. The number of Topliss-reactive ketones (excluding diaryl/α,β-unsaturated/α-hetero) is 1. The molecule has 4 rings (SSSR count). The molecule has 0 fully saturated rings. The van der Waals surface area contributed by atoms with E-state index in [1.165, 1.54) is 5.56 Å². The third kappa shape index (κ3) is 6.85. The molecule has 0 aliphatic carbocycles. The minimum absolute atomic E-state index is 0.0338. The summed E-state index contributed by atoms with van der Waals surface area (Å²) in [5, 5.41) is 16.6. The van der Waals surface area contributed by atoms with Crippen LogP contribution in [-0.2, 0) is 16.0 Å². The summed E-state index contributed by atoms with van der Waals surface area (Å²) in [5.74, 6) is -0.296. The van der Waals surface area contributed by atoms with Gasteiger partial charge >= 0.3 is 5.97 Å². The van der Waals surface area contributed by atoms with Crippen molar-refractivity contribution in [1.82, 2.24) is 4.90 Å². The maximum atomic E-state index is 13.1. The molecule has 1 heterocycles.